The van der Waals surface area contributed by atoms with Gasteiger partial charge in [0, 0.05) is 11.3 Å². The van der Waals surface area contributed by atoms with Crippen LogP contribution in [0.3, 0.4) is 0 Å². The number of nitrogens with one attached hydrogen (secondary N) is 1. The second-order valence-corrected chi connectivity index (χ2v) is 6.94. The molecule has 0 aliphatic carbocycles. The maximum atomic E-state index is 12.3. The molecule has 1 aromatic carbocycles. The predicted molar refractivity (Wildman–Crippen MR) is 103 cm³/mol. The molecule has 1 amide bonds. The third-order valence-electron chi connectivity index (χ3n) is 4.05. The van der Waals surface area contributed by atoms with E-state index in [0.717, 1.165) is 16.9 Å². The van der Waals surface area contributed by atoms with Crippen molar-refractivity contribution < 1.29 is 18.0 Å². The molecule has 0 fully saturated rings. The number of hydrogen-bond donors (Lipinski definition) is 1. The SMILES string of the molecule is Cc1occc1-c1nnc(SCc2cccc(C(=O)NCc3ccco3)c2)o1. The number of aromatic nitrogens is 2. The standard InChI is InChI=1S/C20H17N3O4S/c1-13-17(7-9-25-13)19-22-23-20(27-19)28-12-14-4-2-5-15(10-14)18(24)21-11-16-6-3-8-26-16/h2-10H,11-12H2,1H3,(H,21,24). The second kappa shape index (κ2) is 8.18. The van der Waals surface area contributed by atoms with E-state index < -0.39 is 0 Å². The summed E-state index contributed by atoms with van der Waals surface area (Å²) in [6.07, 6.45) is 3.17. The quantitative estimate of drug-likeness (QED) is 0.462. The monoisotopic (exact) mass is 395 g/mol. The molecule has 3 heterocycles. The molecule has 0 aliphatic rings. The fraction of sp³-hybridized carbons (Fsp3) is 0.150. The van der Waals surface area contributed by atoms with Crippen LogP contribution >= 0.6 is 11.8 Å². The zero-order chi connectivity index (χ0) is 19.3. The maximum Gasteiger partial charge on any atom is 0.277 e. The Morgan fingerprint density at radius 3 is 2.82 bits per heavy atom. The van der Waals surface area contributed by atoms with Gasteiger partial charge >= 0.3 is 0 Å². The molecule has 0 unspecified atom stereocenters. The molecule has 0 aliphatic heterocycles. The first-order valence-corrected chi connectivity index (χ1v) is 9.58. The Kier molecular flexibility index (Phi) is 5.29. The molecule has 4 rings (SSSR count). The van der Waals surface area contributed by atoms with Crippen molar-refractivity contribution in [1.29, 1.82) is 0 Å². The second-order valence-electron chi connectivity index (χ2n) is 6.01. The van der Waals surface area contributed by atoms with Crippen molar-refractivity contribution in [2.75, 3.05) is 0 Å². The van der Waals surface area contributed by atoms with Crippen molar-refractivity contribution in [2.24, 2.45) is 0 Å². The third kappa shape index (κ3) is 4.17. The predicted octanol–water partition coefficient (Wildman–Crippen LogP) is 4.45. The van der Waals surface area contributed by atoms with Gasteiger partial charge in [0.25, 0.3) is 17.0 Å². The van der Waals surface area contributed by atoms with Crippen molar-refractivity contribution in [2.45, 2.75) is 24.4 Å². The van der Waals surface area contributed by atoms with Crippen molar-refractivity contribution in [3.05, 3.63) is 77.6 Å². The zero-order valence-electron chi connectivity index (χ0n) is 15.0. The molecular formula is C20H17N3O4S. The van der Waals surface area contributed by atoms with Crippen LogP contribution in [0.4, 0.5) is 0 Å². The van der Waals surface area contributed by atoms with Crippen LogP contribution in [0.2, 0.25) is 0 Å². The summed E-state index contributed by atoms with van der Waals surface area (Å²) in [5, 5.41) is 11.4. The number of aryl methyl sites for hydroxylation is 1. The Morgan fingerprint density at radius 2 is 2.04 bits per heavy atom. The number of thioether (sulfide) groups is 1. The van der Waals surface area contributed by atoms with Gasteiger partial charge in [0.15, 0.2) is 0 Å². The van der Waals surface area contributed by atoms with Crippen molar-refractivity contribution >= 4 is 17.7 Å². The fourth-order valence-corrected chi connectivity index (χ4v) is 3.32. The number of hydrogen-bond acceptors (Lipinski definition) is 7. The van der Waals surface area contributed by atoms with Crippen LogP contribution in [-0.4, -0.2) is 16.1 Å². The van der Waals surface area contributed by atoms with E-state index in [2.05, 4.69) is 15.5 Å². The number of furan rings is 2. The summed E-state index contributed by atoms with van der Waals surface area (Å²) >= 11 is 1.41. The van der Waals surface area contributed by atoms with Gasteiger partial charge in [0.1, 0.15) is 11.5 Å². The molecule has 0 spiro atoms. The molecule has 0 bridgehead atoms. The van der Waals surface area contributed by atoms with Crippen molar-refractivity contribution in [3.63, 3.8) is 0 Å². The number of rotatable bonds is 7. The lowest BCUT2D eigenvalue weighted by molar-refractivity contribution is 0.0948. The normalized spacial score (nSPS) is 10.9. The first-order valence-electron chi connectivity index (χ1n) is 8.59. The Morgan fingerprint density at radius 1 is 1.11 bits per heavy atom. The van der Waals surface area contributed by atoms with E-state index in [1.54, 1.807) is 30.7 Å². The van der Waals surface area contributed by atoms with Gasteiger partial charge in [-0.15, -0.1) is 10.2 Å². The van der Waals surface area contributed by atoms with E-state index in [9.17, 15) is 4.79 Å². The summed E-state index contributed by atoms with van der Waals surface area (Å²) in [6, 6.07) is 12.8. The Bertz CT molecular complexity index is 1070. The Labute approximate surface area is 165 Å². The molecule has 7 nitrogen and oxygen atoms in total. The maximum absolute atomic E-state index is 12.3. The molecule has 0 radical (unpaired) electrons. The first kappa shape index (κ1) is 18.1. The average molecular weight is 395 g/mol. The fourth-order valence-electron chi connectivity index (χ4n) is 2.61. The highest BCUT2D eigenvalue weighted by Crippen LogP contribution is 2.28. The number of benzene rings is 1. The minimum absolute atomic E-state index is 0.154. The van der Waals surface area contributed by atoms with Crippen LogP contribution in [0, 0.1) is 6.92 Å². The largest absolute Gasteiger partial charge is 0.469 e. The molecule has 142 valence electrons. The number of nitrogens with zero attached hydrogens (tertiary/aromatic N) is 2. The van der Waals surface area contributed by atoms with Gasteiger partial charge in [-0.1, -0.05) is 23.9 Å². The van der Waals surface area contributed by atoms with Gasteiger partial charge in [-0.25, -0.2) is 0 Å². The van der Waals surface area contributed by atoms with Crippen LogP contribution in [-0.2, 0) is 12.3 Å². The van der Waals surface area contributed by atoms with E-state index in [-0.39, 0.29) is 5.91 Å². The molecule has 8 heteroatoms. The molecule has 28 heavy (non-hydrogen) atoms. The minimum Gasteiger partial charge on any atom is -0.469 e. The van der Waals surface area contributed by atoms with Gasteiger partial charge in [0.05, 0.1) is 24.6 Å². The van der Waals surface area contributed by atoms with Gasteiger partial charge < -0.3 is 18.6 Å². The van der Waals surface area contributed by atoms with E-state index >= 15 is 0 Å². The van der Waals surface area contributed by atoms with Gasteiger partial charge in [-0.3, -0.25) is 4.79 Å². The Balaban J connectivity index is 1.36. The summed E-state index contributed by atoms with van der Waals surface area (Å²) in [4.78, 5) is 12.3. The molecular weight excluding hydrogens is 378 g/mol. The summed E-state index contributed by atoms with van der Waals surface area (Å²) in [5.74, 6) is 2.32. The van der Waals surface area contributed by atoms with Crippen LogP contribution in [0.15, 0.2) is 73.5 Å². The lowest BCUT2D eigenvalue weighted by Gasteiger charge is -2.05. The molecule has 3 aromatic heterocycles. The van der Waals surface area contributed by atoms with Gasteiger partial charge in [-0.2, -0.15) is 0 Å². The number of carbonyl (C=O) groups excluding carboxylic acids is 1. The highest BCUT2D eigenvalue weighted by atomic mass is 32.2. The minimum atomic E-state index is -0.154. The average Bonchev–Trinajstić information content (AvgIpc) is 3.46. The Hall–Kier alpha value is -3.26. The van der Waals surface area contributed by atoms with E-state index in [1.807, 2.05) is 31.2 Å². The van der Waals surface area contributed by atoms with Crippen molar-refractivity contribution in [1.82, 2.24) is 15.5 Å². The first-order chi connectivity index (χ1) is 13.7. The molecule has 0 saturated heterocycles. The van der Waals surface area contributed by atoms with Crippen LogP contribution in [0.5, 0.6) is 0 Å². The van der Waals surface area contributed by atoms with E-state index in [0.29, 0.717) is 34.7 Å². The van der Waals surface area contributed by atoms with E-state index in [1.165, 1.54) is 11.8 Å². The summed E-state index contributed by atoms with van der Waals surface area (Å²) in [6.45, 7) is 2.19. The molecule has 1 N–H and O–H groups in total. The number of carbonyl (C=O) groups is 1. The molecule has 4 aromatic rings. The molecule has 0 saturated carbocycles. The highest BCUT2D eigenvalue weighted by molar-refractivity contribution is 7.98. The lowest BCUT2D eigenvalue weighted by Crippen LogP contribution is -2.22. The van der Waals surface area contributed by atoms with Crippen molar-refractivity contribution in [3.8, 4) is 11.5 Å². The van der Waals surface area contributed by atoms with Crippen LogP contribution in [0.25, 0.3) is 11.5 Å². The smallest absolute Gasteiger partial charge is 0.277 e. The summed E-state index contributed by atoms with van der Waals surface area (Å²) in [7, 11) is 0. The van der Waals surface area contributed by atoms with Gasteiger partial charge in [0.2, 0.25) is 0 Å². The summed E-state index contributed by atoms with van der Waals surface area (Å²) in [5.41, 5.74) is 2.36. The lowest BCUT2D eigenvalue weighted by atomic mass is 10.1. The zero-order valence-corrected chi connectivity index (χ0v) is 15.9. The molecule has 0 atom stereocenters. The van der Waals surface area contributed by atoms with Gasteiger partial charge in [-0.05, 0) is 42.8 Å². The van der Waals surface area contributed by atoms with Crippen LogP contribution in [0.1, 0.15) is 27.4 Å². The van der Waals surface area contributed by atoms with Crippen LogP contribution < -0.4 is 5.32 Å². The third-order valence-corrected chi connectivity index (χ3v) is 4.94. The summed E-state index contributed by atoms with van der Waals surface area (Å²) < 4.78 is 16.2. The topological polar surface area (TPSA) is 94.3 Å². The highest BCUT2D eigenvalue weighted by Gasteiger charge is 2.14. The van der Waals surface area contributed by atoms with E-state index in [4.69, 9.17) is 13.3 Å². The number of amides is 1.